The minimum absolute atomic E-state index is 0.288. The number of hydrogen-bond donors (Lipinski definition) is 1. The van der Waals surface area contributed by atoms with Crippen LogP contribution in [0.1, 0.15) is 25.5 Å². The molecule has 1 aliphatic rings. The van der Waals surface area contributed by atoms with Crippen molar-refractivity contribution >= 4 is 0 Å². The molecular formula is C11H18F3N5. The van der Waals surface area contributed by atoms with Crippen molar-refractivity contribution in [3.63, 3.8) is 0 Å². The summed E-state index contributed by atoms with van der Waals surface area (Å²) in [5.41, 5.74) is 0. The van der Waals surface area contributed by atoms with Gasteiger partial charge in [-0.25, -0.2) is 0 Å². The summed E-state index contributed by atoms with van der Waals surface area (Å²) in [5, 5.41) is 10.2. The van der Waals surface area contributed by atoms with E-state index in [0.717, 1.165) is 13.1 Å². The maximum atomic E-state index is 12.7. The van der Waals surface area contributed by atoms with Crippen molar-refractivity contribution in [1.82, 2.24) is 25.0 Å². The number of nitrogens with one attached hydrogen (secondary N) is 1. The molecule has 1 N–H and O–H groups in total. The summed E-state index contributed by atoms with van der Waals surface area (Å²) in [7, 11) is 0. The lowest BCUT2D eigenvalue weighted by molar-refractivity contribution is -0.148. The minimum Gasteiger partial charge on any atom is -0.313 e. The van der Waals surface area contributed by atoms with Crippen LogP contribution in [0.5, 0.6) is 0 Å². The van der Waals surface area contributed by atoms with Gasteiger partial charge >= 0.3 is 6.18 Å². The maximum Gasteiger partial charge on any atom is 0.451 e. The molecule has 1 unspecified atom stereocenters. The van der Waals surface area contributed by atoms with E-state index in [-0.39, 0.29) is 6.54 Å². The Balaban J connectivity index is 2.03. The van der Waals surface area contributed by atoms with Crippen molar-refractivity contribution < 1.29 is 13.2 Å². The van der Waals surface area contributed by atoms with E-state index in [9.17, 15) is 13.2 Å². The third-order valence-electron chi connectivity index (χ3n) is 3.17. The smallest absolute Gasteiger partial charge is 0.313 e. The Hall–Kier alpha value is -1.15. The average Bonchev–Trinajstić information content (AvgIpc) is 2.71. The molecule has 8 heteroatoms. The third kappa shape index (κ3) is 3.24. The van der Waals surface area contributed by atoms with Gasteiger partial charge in [0.2, 0.25) is 5.82 Å². The minimum atomic E-state index is -4.43. The van der Waals surface area contributed by atoms with Gasteiger partial charge in [0.05, 0.1) is 6.54 Å². The van der Waals surface area contributed by atoms with Crippen molar-refractivity contribution in [1.29, 1.82) is 0 Å². The predicted octanol–water partition coefficient (Wildman–Crippen LogP) is 1.11. The molecule has 0 saturated carbocycles. The van der Waals surface area contributed by atoms with E-state index in [4.69, 9.17) is 0 Å². The molecule has 0 amide bonds. The van der Waals surface area contributed by atoms with Crippen LogP contribution in [0.15, 0.2) is 0 Å². The Kier molecular flexibility index (Phi) is 4.10. The summed E-state index contributed by atoms with van der Waals surface area (Å²) < 4.78 is 39.2. The van der Waals surface area contributed by atoms with Crippen molar-refractivity contribution in [2.24, 2.45) is 0 Å². The van der Waals surface area contributed by atoms with Gasteiger partial charge in [0.15, 0.2) is 0 Å². The van der Waals surface area contributed by atoms with Crippen molar-refractivity contribution in [2.45, 2.75) is 39.2 Å². The summed E-state index contributed by atoms with van der Waals surface area (Å²) in [4.78, 5) is 2.09. The number of likely N-dealkylation sites (N-methyl/N-ethyl adjacent to an activating group) is 1. The standard InChI is InChI=1S/C11H18F3N5/c1-3-15-8(2)6-18-4-5-19-9(7-18)16-17-10(19)11(12,13)14/h8,15H,3-7H2,1-2H3. The SMILES string of the molecule is CCNC(C)CN1CCn2c(nnc2C(F)(F)F)C1. The number of hydrogen-bond acceptors (Lipinski definition) is 4. The number of rotatable bonds is 4. The van der Waals surface area contributed by atoms with Gasteiger partial charge in [-0.05, 0) is 13.5 Å². The molecule has 1 atom stereocenters. The lowest BCUT2D eigenvalue weighted by atomic mass is 10.2. The first-order valence-electron chi connectivity index (χ1n) is 6.36. The second kappa shape index (κ2) is 5.46. The normalized spacial score (nSPS) is 18.4. The fourth-order valence-corrected chi connectivity index (χ4v) is 2.37. The number of alkyl halides is 3. The van der Waals surface area contributed by atoms with Crippen LogP contribution < -0.4 is 5.32 Å². The van der Waals surface area contributed by atoms with E-state index >= 15 is 0 Å². The molecule has 2 rings (SSSR count). The van der Waals surface area contributed by atoms with Crippen LogP contribution in [0.4, 0.5) is 13.2 Å². The Labute approximate surface area is 109 Å². The molecule has 19 heavy (non-hydrogen) atoms. The highest BCUT2D eigenvalue weighted by Crippen LogP contribution is 2.29. The van der Waals surface area contributed by atoms with Crippen LogP contribution in [-0.2, 0) is 19.3 Å². The van der Waals surface area contributed by atoms with E-state index in [1.807, 2.05) is 6.92 Å². The van der Waals surface area contributed by atoms with Crippen LogP contribution in [-0.4, -0.2) is 45.3 Å². The Bertz CT molecular complexity index is 428. The average molecular weight is 277 g/mol. The monoisotopic (exact) mass is 277 g/mol. The zero-order valence-corrected chi connectivity index (χ0v) is 11.0. The van der Waals surface area contributed by atoms with Crippen LogP contribution in [0.3, 0.4) is 0 Å². The van der Waals surface area contributed by atoms with Crippen molar-refractivity contribution in [3.8, 4) is 0 Å². The van der Waals surface area contributed by atoms with Gasteiger partial charge in [-0.3, -0.25) is 4.90 Å². The van der Waals surface area contributed by atoms with Crippen molar-refractivity contribution in [2.75, 3.05) is 19.6 Å². The summed E-state index contributed by atoms with van der Waals surface area (Å²) in [6.07, 6.45) is -4.43. The molecule has 0 spiro atoms. The van der Waals surface area contributed by atoms with E-state index < -0.39 is 12.0 Å². The highest BCUT2D eigenvalue weighted by atomic mass is 19.4. The van der Waals surface area contributed by atoms with Crippen LogP contribution in [0, 0.1) is 0 Å². The maximum absolute atomic E-state index is 12.7. The van der Waals surface area contributed by atoms with Gasteiger partial charge in [0, 0.05) is 25.7 Å². The Morgan fingerprint density at radius 3 is 2.68 bits per heavy atom. The topological polar surface area (TPSA) is 46.0 Å². The van der Waals surface area contributed by atoms with Gasteiger partial charge in [-0.15, -0.1) is 10.2 Å². The second-order valence-corrected chi connectivity index (χ2v) is 4.78. The van der Waals surface area contributed by atoms with E-state index in [2.05, 4.69) is 27.3 Å². The van der Waals surface area contributed by atoms with Gasteiger partial charge in [0.25, 0.3) is 0 Å². The molecule has 5 nitrogen and oxygen atoms in total. The van der Waals surface area contributed by atoms with E-state index in [0.29, 0.717) is 25.0 Å². The fraction of sp³-hybridized carbons (Fsp3) is 0.818. The van der Waals surface area contributed by atoms with E-state index in [1.54, 1.807) is 0 Å². The number of aromatic nitrogens is 3. The molecule has 0 bridgehead atoms. The molecule has 0 fully saturated rings. The van der Waals surface area contributed by atoms with Gasteiger partial charge < -0.3 is 9.88 Å². The molecule has 0 aromatic carbocycles. The molecule has 0 radical (unpaired) electrons. The van der Waals surface area contributed by atoms with Gasteiger partial charge in [-0.2, -0.15) is 13.2 Å². The number of halogens is 3. The summed E-state index contributed by atoms with van der Waals surface area (Å²) >= 11 is 0. The first-order chi connectivity index (χ1) is 8.91. The Morgan fingerprint density at radius 1 is 1.32 bits per heavy atom. The lowest BCUT2D eigenvalue weighted by Gasteiger charge is -2.30. The summed E-state index contributed by atoms with van der Waals surface area (Å²) in [6, 6.07) is 0.307. The third-order valence-corrected chi connectivity index (χ3v) is 3.17. The first-order valence-corrected chi connectivity index (χ1v) is 6.36. The van der Waals surface area contributed by atoms with E-state index in [1.165, 1.54) is 4.57 Å². The number of fused-ring (bicyclic) bond motifs is 1. The fourth-order valence-electron chi connectivity index (χ4n) is 2.37. The van der Waals surface area contributed by atoms with Gasteiger partial charge in [-0.1, -0.05) is 6.92 Å². The molecule has 1 aliphatic heterocycles. The highest BCUT2D eigenvalue weighted by Gasteiger charge is 2.39. The summed E-state index contributed by atoms with van der Waals surface area (Å²) in [6.45, 7) is 7.05. The Morgan fingerprint density at radius 2 is 2.05 bits per heavy atom. The molecule has 0 saturated heterocycles. The molecular weight excluding hydrogens is 259 g/mol. The van der Waals surface area contributed by atoms with Gasteiger partial charge in [0.1, 0.15) is 5.82 Å². The predicted molar refractivity (Wildman–Crippen MR) is 63.4 cm³/mol. The second-order valence-electron chi connectivity index (χ2n) is 4.78. The number of nitrogens with zero attached hydrogens (tertiary/aromatic N) is 4. The molecule has 2 heterocycles. The quantitative estimate of drug-likeness (QED) is 0.895. The lowest BCUT2D eigenvalue weighted by Crippen LogP contribution is -2.43. The largest absolute Gasteiger partial charge is 0.451 e. The molecule has 1 aromatic rings. The molecule has 0 aliphatic carbocycles. The van der Waals surface area contributed by atoms with Crippen LogP contribution in [0.2, 0.25) is 0 Å². The van der Waals surface area contributed by atoms with Crippen LogP contribution in [0.25, 0.3) is 0 Å². The van der Waals surface area contributed by atoms with Crippen LogP contribution >= 0.6 is 0 Å². The highest BCUT2D eigenvalue weighted by molar-refractivity contribution is 5.02. The zero-order chi connectivity index (χ0) is 14.0. The first kappa shape index (κ1) is 14.3. The van der Waals surface area contributed by atoms with Crippen molar-refractivity contribution in [3.05, 3.63) is 11.6 Å². The molecule has 108 valence electrons. The summed E-state index contributed by atoms with van der Waals surface area (Å²) in [5.74, 6) is -0.496. The zero-order valence-electron chi connectivity index (χ0n) is 11.0. The molecule has 1 aromatic heterocycles.